The fraction of sp³-hybridized carbons (Fsp3) is 0.0476. The van der Waals surface area contributed by atoms with Gasteiger partial charge in [-0.05, 0) is 54.1 Å². The van der Waals surface area contributed by atoms with Gasteiger partial charge in [-0.15, -0.1) is 0 Å². The molecule has 0 bridgehead atoms. The van der Waals surface area contributed by atoms with Gasteiger partial charge in [0.2, 0.25) is 0 Å². The van der Waals surface area contributed by atoms with Crippen LogP contribution in [0.4, 0.5) is 4.39 Å². The first-order valence-electron chi connectivity index (χ1n) is 7.95. The third-order valence-corrected chi connectivity index (χ3v) is 4.18. The molecule has 0 radical (unpaired) electrons. The van der Waals surface area contributed by atoms with Gasteiger partial charge in [0.05, 0.1) is 22.7 Å². The number of nitriles is 1. The molecule has 0 saturated carbocycles. The largest absolute Gasteiger partial charge is 0.319 e. The Bertz CT molecular complexity index is 1070. The lowest BCUT2D eigenvalue weighted by molar-refractivity contribution is 0.628. The van der Waals surface area contributed by atoms with Gasteiger partial charge in [-0.1, -0.05) is 24.3 Å². The molecule has 0 fully saturated rings. The smallest absolute Gasteiger partial charge is 0.141 e. The maximum atomic E-state index is 13.3. The highest BCUT2D eigenvalue weighted by Gasteiger charge is 2.13. The van der Waals surface area contributed by atoms with Crippen molar-refractivity contribution in [3.05, 3.63) is 89.7 Å². The van der Waals surface area contributed by atoms with E-state index in [4.69, 9.17) is 10.2 Å². The summed E-state index contributed by atoms with van der Waals surface area (Å²) in [6.45, 7) is 0.624. The van der Waals surface area contributed by atoms with Crippen LogP contribution < -0.4 is 0 Å². The van der Waals surface area contributed by atoms with E-state index in [1.807, 2.05) is 48.5 Å². The lowest BCUT2D eigenvalue weighted by atomic mass is 10.1. The van der Waals surface area contributed by atoms with E-state index < -0.39 is 0 Å². The number of imidazole rings is 1. The Kier molecular flexibility index (Phi) is 3.75. The van der Waals surface area contributed by atoms with Crippen molar-refractivity contribution in [3.63, 3.8) is 0 Å². The van der Waals surface area contributed by atoms with E-state index in [1.165, 1.54) is 12.1 Å². The second-order valence-corrected chi connectivity index (χ2v) is 5.83. The van der Waals surface area contributed by atoms with Crippen LogP contribution in [0, 0.1) is 17.1 Å². The average Bonchev–Trinajstić information content (AvgIpc) is 3.02. The average molecular weight is 327 g/mol. The van der Waals surface area contributed by atoms with Crippen molar-refractivity contribution in [2.45, 2.75) is 6.54 Å². The second-order valence-electron chi connectivity index (χ2n) is 5.83. The molecule has 0 atom stereocenters. The Morgan fingerprint density at radius 3 is 2.36 bits per heavy atom. The third-order valence-electron chi connectivity index (χ3n) is 4.18. The molecule has 0 aliphatic carbocycles. The van der Waals surface area contributed by atoms with E-state index in [1.54, 1.807) is 12.1 Å². The highest BCUT2D eigenvalue weighted by Crippen LogP contribution is 2.26. The van der Waals surface area contributed by atoms with E-state index in [0.717, 1.165) is 28.0 Å². The molecule has 0 aliphatic heterocycles. The molecule has 0 saturated heterocycles. The third kappa shape index (κ3) is 2.88. The zero-order chi connectivity index (χ0) is 17.2. The van der Waals surface area contributed by atoms with E-state index in [-0.39, 0.29) is 5.82 Å². The van der Waals surface area contributed by atoms with Crippen molar-refractivity contribution in [2.75, 3.05) is 0 Å². The van der Waals surface area contributed by atoms with E-state index in [2.05, 4.69) is 10.6 Å². The van der Waals surface area contributed by atoms with E-state index in [9.17, 15) is 4.39 Å². The minimum atomic E-state index is -0.265. The number of para-hydroxylation sites is 2. The van der Waals surface area contributed by atoms with Crippen LogP contribution >= 0.6 is 0 Å². The van der Waals surface area contributed by atoms with Crippen LogP contribution in [-0.2, 0) is 6.54 Å². The normalized spacial score (nSPS) is 10.7. The Morgan fingerprint density at radius 1 is 0.920 bits per heavy atom. The fourth-order valence-corrected chi connectivity index (χ4v) is 2.92. The zero-order valence-electron chi connectivity index (χ0n) is 13.4. The minimum absolute atomic E-state index is 0.265. The van der Waals surface area contributed by atoms with Gasteiger partial charge in [-0.25, -0.2) is 9.37 Å². The number of nitrogens with zero attached hydrogens (tertiary/aromatic N) is 3. The number of benzene rings is 3. The molecule has 4 aromatic rings. The lowest BCUT2D eigenvalue weighted by Crippen LogP contribution is -2.02. The molecular weight excluding hydrogens is 313 g/mol. The number of halogens is 1. The van der Waals surface area contributed by atoms with Crippen molar-refractivity contribution >= 4 is 11.0 Å². The zero-order valence-corrected chi connectivity index (χ0v) is 13.4. The maximum absolute atomic E-state index is 13.3. The van der Waals surface area contributed by atoms with Gasteiger partial charge in [0.15, 0.2) is 0 Å². The molecule has 0 unspecified atom stereocenters. The molecule has 0 aliphatic rings. The fourth-order valence-electron chi connectivity index (χ4n) is 2.92. The summed E-state index contributed by atoms with van der Waals surface area (Å²) in [6, 6.07) is 24.0. The van der Waals surface area contributed by atoms with E-state index >= 15 is 0 Å². The highest BCUT2D eigenvalue weighted by molar-refractivity contribution is 5.80. The number of fused-ring (bicyclic) bond motifs is 1. The molecule has 120 valence electrons. The molecule has 1 aromatic heterocycles. The Balaban J connectivity index is 1.84. The predicted octanol–water partition coefficient (Wildman–Crippen LogP) is 4.76. The summed E-state index contributed by atoms with van der Waals surface area (Å²) < 4.78 is 15.4. The van der Waals surface area contributed by atoms with Gasteiger partial charge in [-0.2, -0.15) is 5.26 Å². The Labute approximate surface area is 144 Å². The Morgan fingerprint density at radius 2 is 1.64 bits per heavy atom. The van der Waals surface area contributed by atoms with Crippen molar-refractivity contribution in [2.24, 2.45) is 0 Å². The monoisotopic (exact) mass is 327 g/mol. The molecule has 3 aromatic carbocycles. The first-order valence-corrected chi connectivity index (χ1v) is 7.95. The van der Waals surface area contributed by atoms with Crippen molar-refractivity contribution in [3.8, 4) is 17.5 Å². The minimum Gasteiger partial charge on any atom is -0.319 e. The Hall–Kier alpha value is -3.45. The standard InChI is InChI=1S/C21H14FN3/c22-18-11-9-17(10-12-18)21-24-19-3-1-2-4-20(19)25(21)14-16-7-5-15(13-23)6-8-16/h1-12H,14H2. The molecule has 1 heterocycles. The summed E-state index contributed by atoms with van der Waals surface area (Å²) in [6.07, 6.45) is 0. The van der Waals surface area contributed by atoms with E-state index in [0.29, 0.717) is 12.1 Å². The number of rotatable bonds is 3. The highest BCUT2D eigenvalue weighted by atomic mass is 19.1. The molecule has 4 rings (SSSR count). The van der Waals surface area contributed by atoms with Crippen LogP contribution in [0.1, 0.15) is 11.1 Å². The summed E-state index contributed by atoms with van der Waals surface area (Å²) in [5.41, 5.74) is 4.50. The molecule has 4 heteroatoms. The molecule has 0 spiro atoms. The van der Waals surface area contributed by atoms with Gasteiger partial charge in [0.25, 0.3) is 0 Å². The SMILES string of the molecule is N#Cc1ccc(Cn2c(-c3ccc(F)cc3)nc3ccccc32)cc1. The summed E-state index contributed by atoms with van der Waals surface area (Å²) >= 11 is 0. The number of hydrogen-bond donors (Lipinski definition) is 0. The van der Waals surface area contributed by atoms with Gasteiger partial charge in [0.1, 0.15) is 11.6 Å². The topological polar surface area (TPSA) is 41.6 Å². The molecular formula is C21H14FN3. The molecule has 0 N–H and O–H groups in total. The molecule has 25 heavy (non-hydrogen) atoms. The van der Waals surface area contributed by atoms with Gasteiger partial charge in [-0.3, -0.25) is 0 Å². The van der Waals surface area contributed by atoms with Crippen molar-refractivity contribution in [1.29, 1.82) is 5.26 Å². The first-order chi connectivity index (χ1) is 12.2. The lowest BCUT2D eigenvalue weighted by Gasteiger charge is -2.10. The number of hydrogen-bond acceptors (Lipinski definition) is 2. The second kappa shape index (κ2) is 6.21. The van der Waals surface area contributed by atoms with Crippen molar-refractivity contribution in [1.82, 2.24) is 9.55 Å². The van der Waals surface area contributed by atoms with Crippen LogP contribution in [0.3, 0.4) is 0 Å². The van der Waals surface area contributed by atoms with Gasteiger partial charge in [0, 0.05) is 12.1 Å². The van der Waals surface area contributed by atoms with Crippen molar-refractivity contribution < 1.29 is 4.39 Å². The number of aromatic nitrogens is 2. The summed E-state index contributed by atoms with van der Waals surface area (Å²) in [4.78, 5) is 4.73. The van der Waals surface area contributed by atoms with Crippen LogP contribution in [0.5, 0.6) is 0 Å². The van der Waals surface area contributed by atoms with Crippen LogP contribution in [0.15, 0.2) is 72.8 Å². The van der Waals surface area contributed by atoms with Gasteiger partial charge < -0.3 is 4.57 Å². The first kappa shape index (κ1) is 15.1. The molecule has 0 amide bonds. The molecule has 3 nitrogen and oxygen atoms in total. The van der Waals surface area contributed by atoms with Gasteiger partial charge >= 0.3 is 0 Å². The van der Waals surface area contributed by atoms with Crippen LogP contribution in [0.2, 0.25) is 0 Å². The summed E-state index contributed by atoms with van der Waals surface area (Å²) in [5, 5.41) is 8.95. The predicted molar refractivity (Wildman–Crippen MR) is 95.4 cm³/mol. The van der Waals surface area contributed by atoms with Crippen LogP contribution in [0.25, 0.3) is 22.4 Å². The summed E-state index contributed by atoms with van der Waals surface area (Å²) in [5.74, 6) is 0.532. The van der Waals surface area contributed by atoms with Crippen LogP contribution in [-0.4, -0.2) is 9.55 Å². The quantitative estimate of drug-likeness (QED) is 0.544. The summed E-state index contributed by atoms with van der Waals surface area (Å²) in [7, 11) is 0. The maximum Gasteiger partial charge on any atom is 0.141 e.